The molecule has 2 rings (SSSR count). The third kappa shape index (κ3) is 5.10. The summed E-state index contributed by atoms with van der Waals surface area (Å²) >= 11 is 5.72. The minimum absolute atomic E-state index is 0.330. The van der Waals surface area contributed by atoms with Crippen LogP contribution < -0.4 is 10.9 Å². The Balaban J connectivity index is 1.77. The maximum Gasteiger partial charge on any atom is 0.338 e. The number of halogens is 1. The van der Waals surface area contributed by atoms with E-state index in [1.165, 1.54) is 12.1 Å². The number of carbonyl (C=O) groups is 3. The van der Waals surface area contributed by atoms with Crippen molar-refractivity contribution >= 4 is 29.4 Å². The summed E-state index contributed by atoms with van der Waals surface area (Å²) in [5.41, 5.74) is 6.06. The zero-order valence-corrected chi connectivity index (χ0v) is 13.6. The summed E-state index contributed by atoms with van der Waals surface area (Å²) in [7, 11) is 0. The fourth-order valence-electron chi connectivity index (χ4n) is 1.74. The van der Waals surface area contributed by atoms with Gasteiger partial charge in [0.05, 0.1) is 5.56 Å². The highest BCUT2D eigenvalue weighted by atomic mass is 35.5. The van der Waals surface area contributed by atoms with Gasteiger partial charge in [-0.1, -0.05) is 29.3 Å². The highest BCUT2D eigenvalue weighted by molar-refractivity contribution is 6.30. The normalized spacial score (nSPS) is 9.92. The second-order valence-electron chi connectivity index (χ2n) is 4.95. The van der Waals surface area contributed by atoms with Gasteiger partial charge in [-0.3, -0.25) is 20.4 Å². The largest absolute Gasteiger partial charge is 0.452 e. The molecular formula is C17H15ClN2O4. The summed E-state index contributed by atoms with van der Waals surface area (Å²) < 4.78 is 4.86. The van der Waals surface area contributed by atoms with Crippen molar-refractivity contribution in [3.8, 4) is 0 Å². The van der Waals surface area contributed by atoms with Crippen LogP contribution in [0.5, 0.6) is 0 Å². The molecule has 0 radical (unpaired) electrons. The molecule has 7 heteroatoms. The van der Waals surface area contributed by atoms with Gasteiger partial charge in [-0.05, 0) is 43.3 Å². The number of carbonyl (C=O) groups excluding carboxylic acids is 3. The molecule has 0 heterocycles. The van der Waals surface area contributed by atoms with Crippen molar-refractivity contribution in [2.24, 2.45) is 0 Å². The number of hydrogen-bond donors (Lipinski definition) is 2. The lowest BCUT2D eigenvalue weighted by Gasteiger charge is -2.08. The molecule has 2 aromatic rings. The topological polar surface area (TPSA) is 84.5 Å². The van der Waals surface area contributed by atoms with Crippen LogP contribution in [0.4, 0.5) is 0 Å². The Bertz CT molecular complexity index is 679. The number of ether oxygens (including phenoxy) is 1. The van der Waals surface area contributed by atoms with Crippen LogP contribution in [0.3, 0.4) is 0 Å². The van der Waals surface area contributed by atoms with Crippen molar-refractivity contribution in [3.63, 3.8) is 0 Å². The number of amides is 2. The van der Waals surface area contributed by atoms with E-state index in [0.29, 0.717) is 16.1 Å². The molecule has 6 nitrogen and oxygen atoms in total. The van der Waals surface area contributed by atoms with Crippen LogP contribution >= 0.6 is 11.6 Å². The molecule has 0 unspecified atom stereocenters. The first-order valence-corrected chi connectivity index (χ1v) is 7.42. The first-order valence-electron chi connectivity index (χ1n) is 7.04. The van der Waals surface area contributed by atoms with E-state index >= 15 is 0 Å². The molecule has 24 heavy (non-hydrogen) atoms. The van der Waals surface area contributed by atoms with Gasteiger partial charge >= 0.3 is 5.97 Å². The molecule has 0 aliphatic heterocycles. The first-order chi connectivity index (χ1) is 11.5. The Morgan fingerprint density at radius 1 is 0.917 bits per heavy atom. The zero-order valence-electron chi connectivity index (χ0n) is 12.8. The van der Waals surface area contributed by atoms with Gasteiger partial charge in [0.15, 0.2) is 6.61 Å². The lowest BCUT2D eigenvalue weighted by atomic mass is 10.1. The summed E-state index contributed by atoms with van der Waals surface area (Å²) in [6, 6.07) is 12.9. The van der Waals surface area contributed by atoms with Crippen molar-refractivity contribution < 1.29 is 19.1 Å². The molecule has 0 aliphatic carbocycles. The van der Waals surface area contributed by atoms with Crippen LogP contribution in [-0.4, -0.2) is 24.4 Å². The van der Waals surface area contributed by atoms with Crippen LogP contribution in [0.2, 0.25) is 5.02 Å². The Morgan fingerprint density at radius 3 is 2.12 bits per heavy atom. The maximum atomic E-state index is 11.8. The fraction of sp³-hybridized carbons (Fsp3) is 0.118. The molecule has 0 saturated carbocycles. The van der Waals surface area contributed by atoms with Gasteiger partial charge in [-0.25, -0.2) is 4.79 Å². The van der Waals surface area contributed by atoms with Gasteiger partial charge in [0.1, 0.15) is 0 Å². The number of aryl methyl sites for hydroxylation is 1. The van der Waals surface area contributed by atoms with Gasteiger partial charge in [-0.15, -0.1) is 0 Å². The van der Waals surface area contributed by atoms with Crippen LogP contribution in [-0.2, 0) is 9.53 Å². The van der Waals surface area contributed by atoms with E-state index in [2.05, 4.69) is 10.9 Å². The SMILES string of the molecule is Cc1ccc(C(=O)OCC(=O)NNC(=O)c2ccc(Cl)cc2)cc1. The minimum Gasteiger partial charge on any atom is -0.452 e. The molecule has 2 amide bonds. The predicted molar refractivity (Wildman–Crippen MR) is 88.5 cm³/mol. The number of rotatable bonds is 4. The van der Waals surface area contributed by atoms with Crippen LogP contribution in [0.25, 0.3) is 0 Å². The predicted octanol–water partition coefficient (Wildman–Crippen LogP) is 2.27. The Kier molecular flexibility index (Phi) is 5.92. The van der Waals surface area contributed by atoms with E-state index in [4.69, 9.17) is 16.3 Å². The highest BCUT2D eigenvalue weighted by Crippen LogP contribution is 2.09. The van der Waals surface area contributed by atoms with E-state index in [9.17, 15) is 14.4 Å². The fourth-order valence-corrected chi connectivity index (χ4v) is 1.87. The monoisotopic (exact) mass is 346 g/mol. The van der Waals surface area contributed by atoms with E-state index in [1.807, 2.05) is 6.92 Å². The number of nitrogens with one attached hydrogen (secondary N) is 2. The van der Waals surface area contributed by atoms with Crippen LogP contribution in [0.15, 0.2) is 48.5 Å². The summed E-state index contributed by atoms with van der Waals surface area (Å²) in [5.74, 6) is -1.78. The highest BCUT2D eigenvalue weighted by Gasteiger charge is 2.11. The van der Waals surface area contributed by atoms with Crippen molar-refractivity contribution in [1.82, 2.24) is 10.9 Å². The lowest BCUT2D eigenvalue weighted by Crippen LogP contribution is -2.43. The van der Waals surface area contributed by atoms with E-state index in [0.717, 1.165) is 5.56 Å². The van der Waals surface area contributed by atoms with Gasteiger partial charge in [0.25, 0.3) is 11.8 Å². The number of hydrazine groups is 1. The zero-order chi connectivity index (χ0) is 17.5. The van der Waals surface area contributed by atoms with E-state index < -0.39 is 24.4 Å². The van der Waals surface area contributed by atoms with Crippen molar-refractivity contribution in [2.45, 2.75) is 6.92 Å². The second kappa shape index (κ2) is 8.12. The maximum absolute atomic E-state index is 11.8. The molecule has 2 N–H and O–H groups in total. The molecule has 0 aromatic heterocycles. The lowest BCUT2D eigenvalue weighted by molar-refractivity contribution is -0.125. The standard InChI is InChI=1S/C17H15ClN2O4/c1-11-2-4-13(5-3-11)17(23)24-10-15(21)19-20-16(22)12-6-8-14(18)9-7-12/h2-9H,10H2,1H3,(H,19,21)(H,20,22). The summed E-state index contributed by atoms with van der Waals surface area (Å²) in [4.78, 5) is 35.1. The summed E-state index contributed by atoms with van der Waals surface area (Å²) in [6.45, 7) is 1.39. The summed E-state index contributed by atoms with van der Waals surface area (Å²) in [5, 5.41) is 0.499. The van der Waals surface area contributed by atoms with Crippen LogP contribution in [0, 0.1) is 6.92 Å². The molecular weight excluding hydrogens is 332 g/mol. The van der Waals surface area contributed by atoms with Crippen LogP contribution in [0.1, 0.15) is 26.3 Å². The minimum atomic E-state index is -0.655. The molecule has 0 spiro atoms. The van der Waals surface area contributed by atoms with Crippen molar-refractivity contribution in [1.29, 1.82) is 0 Å². The average Bonchev–Trinajstić information content (AvgIpc) is 2.58. The Labute approximate surface area is 143 Å². The van der Waals surface area contributed by atoms with Gasteiger partial charge in [0.2, 0.25) is 0 Å². The van der Waals surface area contributed by atoms with E-state index in [1.54, 1.807) is 36.4 Å². The third-order valence-electron chi connectivity index (χ3n) is 3.04. The van der Waals surface area contributed by atoms with Gasteiger partial charge in [0, 0.05) is 10.6 Å². The Morgan fingerprint density at radius 2 is 1.50 bits per heavy atom. The number of hydrogen-bond acceptors (Lipinski definition) is 4. The molecule has 0 aliphatic rings. The quantitative estimate of drug-likeness (QED) is 0.657. The van der Waals surface area contributed by atoms with Crippen molar-refractivity contribution in [2.75, 3.05) is 6.61 Å². The Hall–Kier alpha value is -2.86. The third-order valence-corrected chi connectivity index (χ3v) is 3.30. The first kappa shape index (κ1) is 17.5. The molecule has 0 bridgehead atoms. The summed E-state index contributed by atoms with van der Waals surface area (Å²) in [6.07, 6.45) is 0. The molecule has 124 valence electrons. The molecule has 0 fully saturated rings. The second-order valence-corrected chi connectivity index (χ2v) is 5.39. The average molecular weight is 347 g/mol. The van der Waals surface area contributed by atoms with Gasteiger partial charge < -0.3 is 4.74 Å². The number of esters is 1. The van der Waals surface area contributed by atoms with E-state index in [-0.39, 0.29) is 0 Å². The molecule has 0 atom stereocenters. The molecule has 2 aromatic carbocycles. The van der Waals surface area contributed by atoms with Gasteiger partial charge in [-0.2, -0.15) is 0 Å². The van der Waals surface area contributed by atoms with Crippen molar-refractivity contribution in [3.05, 3.63) is 70.2 Å². The number of benzene rings is 2. The molecule has 0 saturated heterocycles. The smallest absolute Gasteiger partial charge is 0.338 e.